The number of benzene rings is 2. The first-order valence-corrected chi connectivity index (χ1v) is 8.87. The number of rotatable bonds is 6. The van der Waals surface area contributed by atoms with Crippen molar-refractivity contribution >= 4 is 35.1 Å². The molecule has 0 bridgehead atoms. The van der Waals surface area contributed by atoms with Crippen LogP contribution in [0.3, 0.4) is 0 Å². The molecule has 7 heteroatoms. The van der Waals surface area contributed by atoms with E-state index in [0.717, 1.165) is 5.56 Å². The molecule has 1 saturated carbocycles. The average molecular weight is 387 g/mol. The second-order valence-electron chi connectivity index (χ2n) is 6.32. The molecular formula is C20H19ClN2O4. The van der Waals surface area contributed by atoms with Gasteiger partial charge in [0.2, 0.25) is 11.8 Å². The van der Waals surface area contributed by atoms with Crippen LogP contribution in [0.2, 0.25) is 5.02 Å². The van der Waals surface area contributed by atoms with Crippen LogP contribution in [-0.4, -0.2) is 24.9 Å². The average Bonchev–Trinajstić information content (AvgIpc) is 3.48. The Morgan fingerprint density at radius 3 is 2.41 bits per heavy atom. The molecule has 1 fully saturated rings. The molecule has 6 nitrogen and oxygen atoms in total. The zero-order valence-electron chi connectivity index (χ0n) is 14.7. The summed E-state index contributed by atoms with van der Waals surface area (Å²) in [5.74, 6) is -1.73. The summed E-state index contributed by atoms with van der Waals surface area (Å²) in [7, 11) is 1.28. The lowest BCUT2D eigenvalue weighted by molar-refractivity contribution is -0.125. The smallest absolute Gasteiger partial charge is 0.339 e. The molecule has 2 N–H and O–H groups in total. The van der Waals surface area contributed by atoms with Gasteiger partial charge in [-0.3, -0.25) is 9.59 Å². The van der Waals surface area contributed by atoms with Gasteiger partial charge in [-0.1, -0.05) is 35.9 Å². The third-order valence-electron chi connectivity index (χ3n) is 4.43. The molecule has 2 aromatic rings. The largest absolute Gasteiger partial charge is 0.465 e. The number of para-hydroxylation sites is 1. The van der Waals surface area contributed by atoms with Gasteiger partial charge in [-0.15, -0.1) is 0 Å². The fourth-order valence-corrected chi connectivity index (χ4v) is 2.93. The van der Waals surface area contributed by atoms with Crippen molar-refractivity contribution in [2.45, 2.75) is 13.0 Å². The normalized spacial score (nSPS) is 17.7. The summed E-state index contributed by atoms with van der Waals surface area (Å²) in [6.07, 6.45) is 0.485. The van der Waals surface area contributed by atoms with E-state index in [4.69, 9.17) is 16.3 Å². The molecule has 2 amide bonds. The number of amides is 2. The lowest BCUT2D eigenvalue weighted by atomic mass is 10.1. The van der Waals surface area contributed by atoms with Gasteiger partial charge >= 0.3 is 5.97 Å². The quantitative estimate of drug-likeness (QED) is 0.747. The van der Waals surface area contributed by atoms with Crippen molar-refractivity contribution in [1.82, 2.24) is 5.32 Å². The summed E-state index contributed by atoms with van der Waals surface area (Å²) in [6, 6.07) is 13.8. The van der Waals surface area contributed by atoms with Crippen LogP contribution in [0, 0.1) is 11.8 Å². The van der Waals surface area contributed by atoms with Gasteiger partial charge in [-0.05, 0) is 36.2 Å². The van der Waals surface area contributed by atoms with Crippen LogP contribution in [0.4, 0.5) is 5.69 Å². The Morgan fingerprint density at radius 2 is 1.70 bits per heavy atom. The molecule has 0 aliphatic heterocycles. The van der Waals surface area contributed by atoms with Crippen LogP contribution in [0.5, 0.6) is 0 Å². The highest BCUT2D eigenvalue weighted by atomic mass is 35.5. The van der Waals surface area contributed by atoms with Crippen LogP contribution < -0.4 is 10.6 Å². The molecule has 27 heavy (non-hydrogen) atoms. The van der Waals surface area contributed by atoms with Crippen molar-refractivity contribution in [3.8, 4) is 0 Å². The maximum absolute atomic E-state index is 12.4. The fourth-order valence-electron chi connectivity index (χ4n) is 2.80. The van der Waals surface area contributed by atoms with E-state index in [2.05, 4.69) is 10.6 Å². The Balaban J connectivity index is 1.54. The standard InChI is InChI=1S/C20H19ClN2O4/c1-27-20(26)14-4-2-3-5-17(14)23-19(25)16-10-15(16)18(24)22-11-12-6-8-13(21)9-7-12/h2-9,15-16H,10-11H2,1H3,(H,22,24)(H,23,25). The molecule has 2 atom stereocenters. The summed E-state index contributed by atoms with van der Waals surface area (Å²) in [6.45, 7) is 0.381. The van der Waals surface area contributed by atoms with Gasteiger partial charge in [0.25, 0.3) is 0 Å². The molecule has 0 radical (unpaired) electrons. The van der Waals surface area contributed by atoms with E-state index in [0.29, 0.717) is 23.7 Å². The highest BCUT2D eigenvalue weighted by Crippen LogP contribution is 2.39. The summed E-state index contributed by atoms with van der Waals surface area (Å²) in [5, 5.41) is 6.19. The third-order valence-corrected chi connectivity index (χ3v) is 4.69. The molecule has 3 rings (SSSR count). The van der Waals surface area contributed by atoms with Crippen LogP contribution in [0.1, 0.15) is 22.3 Å². The van der Waals surface area contributed by atoms with Crippen LogP contribution in [-0.2, 0) is 20.9 Å². The number of carbonyl (C=O) groups excluding carboxylic acids is 3. The van der Waals surface area contributed by atoms with E-state index in [9.17, 15) is 14.4 Å². The Kier molecular flexibility index (Phi) is 5.76. The number of halogens is 1. The number of anilines is 1. The van der Waals surface area contributed by atoms with E-state index in [1.54, 1.807) is 36.4 Å². The van der Waals surface area contributed by atoms with E-state index < -0.39 is 11.9 Å². The monoisotopic (exact) mass is 386 g/mol. The van der Waals surface area contributed by atoms with Gasteiger partial charge in [0.15, 0.2) is 0 Å². The third kappa shape index (κ3) is 4.65. The van der Waals surface area contributed by atoms with Gasteiger partial charge in [-0.25, -0.2) is 4.79 Å². The topological polar surface area (TPSA) is 84.5 Å². The van der Waals surface area contributed by atoms with Crippen molar-refractivity contribution < 1.29 is 19.1 Å². The van der Waals surface area contributed by atoms with E-state index in [-0.39, 0.29) is 23.3 Å². The first-order chi connectivity index (χ1) is 13.0. The van der Waals surface area contributed by atoms with Crippen molar-refractivity contribution in [3.63, 3.8) is 0 Å². The minimum Gasteiger partial charge on any atom is -0.465 e. The number of nitrogens with one attached hydrogen (secondary N) is 2. The van der Waals surface area contributed by atoms with Crippen molar-refractivity contribution in [2.75, 3.05) is 12.4 Å². The highest BCUT2D eigenvalue weighted by molar-refractivity contribution is 6.30. The van der Waals surface area contributed by atoms with Crippen molar-refractivity contribution in [1.29, 1.82) is 0 Å². The number of ether oxygens (including phenoxy) is 1. The lowest BCUT2D eigenvalue weighted by Gasteiger charge is -2.09. The molecule has 2 aromatic carbocycles. The predicted molar refractivity (Wildman–Crippen MR) is 101 cm³/mol. The van der Waals surface area contributed by atoms with Gasteiger partial charge in [0, 0.05) is 11.6 Å². The van der Waals surface area contributed by atoms with Crippen LogP contribution in [0.25, 0.3) is 0 Å². The number of hydrogen-bond acceptors (Lipinski definition) is 4. The summed E-state index contributed by atoms with van der Waals surface area (Å²) in [5.41, 5.74) is 1.58. The van der Waals surface area contributed by atoms with Gasteiger partial charge in [0.05, 0.1) is 30.2 Å². The van der Waals surface area contributed by atoms with Crippen LogP contribution >= 0.6 is 11.6 Å². The molecule has 1 aliphatic rings. The SMILES string of the molecule is COC(=O)c1ccccc1NC(=O)C1CC1C(=O)NCc1ccc(Cl)cc1. The zero-order valence-corrected chi connectivity index (χ0v) is 15.5. The minimum absolute atomic E-state index is 0.161. The highest BCUT2D eigenvalue weighted by Gasteiger charge is 2.48. The van der Waals surface area contributed by atoms with Gasteiger partial charge in [-0.2, -0.15) is 0 Å². The van der Waals surface area contributed by atoms with E-state index >= 15 is 0 Å². The Labute approximate surface area is 161 Å². The van der Waals surface area contributed by atoms with Gasteiger partial charge < -0.3 is 15.4 Å². The molecule has 0 aromatic heterocycles. The summed E-state index contributed by atoms with van der Waals surface area (Å²) < 4.78 is 4.71. The van der Waals surface area contributed by atoms with Crippen LogP contribution in [0.15, 0.2) is 48.5 Å². The molecule has 0 spiro atoms. The molecule has 140 valence electrons. The lowest BCUT2D eigenvalue weighted by Crippen LogP contribution is -2.27. The number of carbonyl (C=O) groups is 3. The summed E-state index contributed by atoms with van der Waals surface area (Å²) in [4.78, 5) is 36.4. The second kappa shape index (κ2) is 8.22. The number of hydrogen-bond donors (Lipinski definition) is 2. The minimum atomic E-state index is -0.529. The van der Waals surface area contributed by atoms with Gasteiger partial charge in [0.1, 0.15) is 0 Å². The predicted octanol–water partition coefficient (Wildman–Crippen LogP) is 3.02. The Hall–Kier alpha value is -2.86. The molecule has 2 unspecified atom stereocenters. The van der Waals surface area contributed by atoms with Crippen molar-refractivity contribution in [2.24, 2.45) is 11.8 Å². The molecular weight excluding hydrogens is 368 g/mol. The Bertz CT molecular complexity index is 867. The number of methoxy groups -OCH3 is 1. The fraction of sp³-hybridized carbons (Fsp3) is 0.250. The first-order valence-electron chi connectivity index (χ1n) is 8.50. The molecule has 1 aliphatic carbocycles. The van der Waals surface area contributed by atoms with Crippen molar-refractivity contribution in [3.05, 3.63) is 64.7 Å². The zero-order chi connectivity index (χ0) is 19.4. The summed E-state index contributed by atoms with van der Waals surface area (Å²) >= 11 is 5.83. The van der Waals surface area contributed by atoms with E-state index in [1.807, 2.05) is 12.1 Å². The maximum atomic E-state index is 12.4. The molecule has 0 saturated heterocycles. The Morgan fingerprint density at radius 1 is 1.04 bits per heavy atom. The first kappa shape index (κ1) is 18.9. The second-order valence-corrected chi connectivity index (χ2v) is 6.76. The number of esters is 1. The van der Waals surface area contributed by atoms with E-state index in [1.165, 1.54) is 7.11 Å². The maximum Gasteiger partial charge on any atom is 0.339 e. The molecule has 0 heterocycles.